The van der Waals surface area contributed by atoms with E-state index in [0.29, 0.717) is 6.54 Å². The van der Waals surface area contributed by atoms with Crippen LogP contribution in [0, 0.1) is 0 Å². The highest BCUT2D eigenvalue weighted by Crippen LogP contribution is 2.21. The number of nitrogens with zero attached hydrogens (tertiary/aromatic N) is 1. The van der Waals surface area contributed by atoms with Crippen LogP contribution >= 0.6 is 0 Å². The van der Waals surface area contributed by atoms with Gasteiger partial charge in [0.15, 0.2) is 0 Å². The van der Waals surface area contributed by atoms with Crippen molar-refractivity contribution in [2.45, 2.75) is 26.3 Å². The lowest BCUT2D eigenvalue weighted by Gasteiger charge is -2.23. The lowest BCUT2D eigenvalue weighted by molar-refractivity contribution is -0.122. The molecule has 1 amide bonds. The van der Waals surface area contributed by atoms with Gasteiger partial charge in [0.25, 0.3) is 0 Å². The molecule has 4 heteroatoms. The molecule has 1 N–H and O–H groups in total. The molecular weight excluding hydrogens is 312 g/mol. The molecule has 1 unspecified atom stereocenters. The topological polar surface area (TPSA) is 41.6 Å². The van der Waals surface area contributed by atoms with E-state index in [1.54, 1.807) is 7.11 Å². The Hall–Kier alpha value is -2.33. The van der Waals surface area contributed by atoms with Gasteiger partial charge in [0.2, 0.25) is 5.91 Å². The molecule has 2 rings (SSSR count). The molecule has 134 valence electrons. The van der Waals surface area contributed by atoms with E-state index < -0.39 is 0 Å². The molecule has 0 aromatic heterocycles. The molecule has 1 atom stereocenters. The van der Waals surface area contributed by atoms with Crippen LogP contribution in [0.3, 0.4) is 0 Å². The first-order valence-corrected chi connectivity index (χ1v) is 8.85. The summed E-state index contributed by atoms with van der Waals surface area (Å²) in [6.07, 6.45) is 0.761. The number of nitrogens with one attached hydrogen (secondary N) is 1. The third-order valence-electron chi connectivity index (χ3n) is 4.40. The maximum Gasteiger partial charge on any atom is 0.234 e. The molecule has 2 aromatic rings. The Morgan fingerprint density at radius 1 is 1.04 bits per heavy atom. The number of ether oxygens (including phenoxy) is 1. The van der Waals surface area contributed by atoms with E-state index in [1.165, 1.54) is 5.56 Å². The van der Waals surface area contributed by atoms with Crippen LogP contribution in [-0.4, -0.2) is 37.6 Å². The van der Waals surface area contributed by atoms with Gasteiger partial charge in [-0.2, -0.15) is 0 Å². The van der Waals surface area contributed by atoms with Crippen LogP contribution in [0.2, 0.25) is 0 Å². The Morgan fingerprint density at radius 2 is 1.68 bits per heavy atom. The van der Waals surface area contributed by atoms with Crippen molar-refractivity contribution in [1.82, 2.24) is 10.2 Å². The molecule has 0 bridgehead atoms. The van der Waals surface area contributed by atoms with E-state index in [2.05, 4.69) is 36.2 Å². The van der Waals surface area contributed by atoms with Gasteiger partial charge >= 0.3 is 0 Å². The van der Waals surface area contributed by atoms with Gasteiger partial charge in [-0.1, -0.05) is 56.3 Å². The summed E-state index contributed by atoms with van der Waals surface area (Å²) in [6, 6.07) is 18.1. The molecule has 0 heterocycles. The molecule has 4 nitrogen and oxygen atoms in total. The smallest absolute Gasteiger partial charge is 0.234 e. The molecule has 0 spiro atoms. The van der Waals surface area contributed by atoms with Gasteiger partial charge < -0.3 is 10.1 Å². The molecule has 0 radical (unpaired) electrons. The van der Waals surface area contributed by atoms with Crippen molar-refractivity contribution in [3.63, 3.8) is 0 Å². The fourth-order valence-electron chi connectivity index (χ4n) is 2.83. The van der Waals surface area contributed by atoms with Crippen molar-refractivity contribution in [2.24, 2.45) is 0 Å². The minimum absolute atomic E-state index is 0.0560. The molecule has 0 fully saturated rings. The van der Waals surface area contributed by atoms with Gasteiger partial charge in [-0.05, 0) is 42.8 Å². The molecule has 0 aliphatic heterocycles. The monoisotopic (exact) mass is 340 g/mol. The number of benzene rings is 2. The number of carbonyl (C=O) groups excluding carboxylic acids is 1. The molecule has 25 heavy (non-hydrogen) atoms. The Kier molecular flexibility index (Phi) is 7.48. The molecule has 0 aliphatic rings. The van der Waals surface area contributed by atoms with Gasteiger partial charge in [0, 0.05) is 0 Å². The zero-order valence-corrected chi connectivity index (χ0v) is 15.4. The Bertz CT molecular complexity index is 637. The highest BCUT2D eigenvalue weighted by molar-refractivity contribution is 5.78. The fourth-order valence-corrected chi connectivity index (χ4v) is 2.83. The SMILES string of the molecule is CCN(CC)CC(=O)NC(Cc1ccccc1)c1ccc(OC)cc1. The number of amides is 1. The van der Waals surface area contributed by atoms with Gasteiger partial charge in [0.05, 0.1) is 19.7 Å². The minimum atomic E-state index is -0.0589. The Balaban J connectivity index is 2.14. The van der Waals surface area contributed by atoms with Crippen molar-refractivity contribution < 1.29 is 9.53 Å². The first kappa shape index (κ1) is 19.0. The van der Waals surface area contributed by atoms with Gasteiger partial charge in [-0.25, -0.2) is 0 Å². The van der Waals surface area contributed by atoms with E-state index in [-0.39, 0.29) is 11.9 Å². The molecule has 0 aliphatic carbocycles. The van der Waals surface area contributed by atoms with E-state index in [9.17, 15) is 4.79 Å². The maximum absolute atomic E-state index is 12.5. The summed E-state index contributed by atoms with van der Waals surface area (Å²) >= 11 is 0. The van der Waals surface area contributed by atoms with Gasteiger partial charge in [0.1, 0.15) is 5.75 Å². The van der Waals surface area contributed by atoms with Crippen molar-refractivity contribution in [1.29, 1.82) is 0 Å². The summed E-state index contributed by atoms with van der Waals surface area (Å²) < 4.78 is 5.24. The Labute approximate surface area is 150 Å². The average molecular weight is 340 g/mol. The van der Waals surface area contributed by atoms with Crippen LogP contribution < -0.4 is 10.1 Å². The number of likely N-dealkylation sites (N-methyl/N-ethyl adjacent to an activating group) is 1. The van der Waals surface area contributed by atoms with Crippen LogP contribution in [-0.2, 0) is 11.2 Å². The second-order valence-electron chi connectivity index (χ2n) is 6.04. The zero-order chi connectivity index (χ0) is 18.1. The van der Waals surface area contributed by atoms with Crippen molar-refractivity contribution >= 4 is 5.91 Å². The van der Waals surface area contributed by atoms with E-state index in [4.69, 9.17) is 4.74 Å². The molecule has 0 saturated heterocycles. The lowest BCUT2D eigenvalue weighted by atomic mass is 9.98. The predicted molar refractivity (Wildman–Crippen MR) is 102 cm³/mol. The fraction of sp³-hybridized carbons (Fsp3) is 0.381. The van der Waals surface area contributed by atoms with Gasteiger partial charge in [-0.15, -0.1) is 0 Å². The third-order valence-corrected chi connectivity index (χ3v) is 4.40. The highest BCUT2D eigenvalue weighted by atomic mass is 16.5. The van der Waals surface area contributed by atoms with Crippen LogP contribution in [0.25, 0.3) is 0 Å². The summed E-state index contributed by atoms with van der Waals surface area (Å²) in [4.78, 5) is 14.6. The standard InChI is InChI=1S/C21H28N2O2/c1-4-23(5-2)16-21(24)22-20(15-17-9-7-6-8-10-17)18-11-13-19(25-3)14-12-18/h6-14,20H,4-5,15-16H2,1-3H3,(H,22,24). The highest BCUT2D eigenvalue weighted by Gasteiger charge is 2.17. The second kappa shape index (κ2) is 9.84. The average Bonchev–Trinajstić information content (AvgIpc) is 2.66. The number of methoxy groups -OCH3 is 1. The summed E-state index contributed by atoms with van der Waals surface area (Å²) in [5, 5.41) is 3.20. The summed E-state index contributed by atoms with van der Waals surface area (Å²) in [5.41, 5.74) is 2.28. The number of rotatable bonds is 9. The maximum atomic E-state index is 12.5. The third kappa shape index (κ3) is 5.91. The van der Waals surface area contributed by atoms with Crippen LogP contribution in [0.5, 0.6) is 5.75 Å². The van der Waals surface area contributed by atoms with Crippen molar-refractivity contribution in [2.75, 3.05) is 26.7 Å². The summed E-state index contributed by atoms with van der Waals surface area (Å²) in [6.45, 7) is 6.31. The van der Waals surface area contributed by atoms with Crippen molar-refractivity contribution in [3.8, 4) is 5.75 Å². The molecule has 2 aromatic carbocycles. The quantitative estimate of drug-likeness (QED) is 0.760. The van der Waals surface area contributed by atoms with Crippen LogP contribution in [0.4, 0.5) is 0 Å². The number of hydrogen-bond acceptors (Lipinski definition) is 3. The number of hydrogen-bond donors (Lipinski definition) is 1. The largest absolute Gasteiger partial charge is 0.497 e. The second-order valence-corrected chi connectivity index (χ2v) is 6.04. The lowest BCUT2D eigenvalue weighted by Crippen LogP contribution is -2.39. The Morgan fingerprint density at radius 3 is 2.24 bits per heavy atom. The number of carbonyl (C=O) groups is 1. The van der Waals surface area contributed by atoms with Gasteiger partial charge in [-0.3, -0.25) is 9.69 Å². The molecule has 0 saturated carbocycles. The molecular formula is C21H28N2O2. The van der Waals surface area contributed by atoms with Crippen LogP contribution in [0.1, 0.15) is 31.0 Å². The van der Waals surface area contributed by atoms with E-state index in [1.807, 2.05) is 42.5 Å². The normalized spacial score (nSPS) is 12.0. The van der Waals surface area contributed by atoms with Crippen molar-refractivity contribution in [3.05, 3.63) is 65.7 Å². The minimum Gasteiger partial charge on any atom is -0.497 e. The van der Waals surface area contributed by atoms with E-state index >= 15 is 0 Å². The zero-order valence-electron chi connectivity index (χ0n) is 15.4. The van der Waals surface area contributed by atoms with Crippen LogP contribution in [0.15, 0.2) is 54.6 Å². The first-order valence-electron chi connectivity index (χ1n) is 8.85. The predicted octanol–water partition coefficient (Wildman–Crippen LogP) is 3.44. The summed E-state index contributed by atoms with van der Waals surface area (Å²) in [7, 11) is 1.66. The van der Waals surface area contributed by atoms with E-state index in [0.717, 1.165) is 30.8 Å². The first-order chi connectivity index (χ1) is 12.2. The summed E-state index contributed by atoms with van der Waals surface area (Å²) in [5.74, 6) is 0.872.